The summed E-state index contributed by atoms with van der Waals surface area (Å²) in [5, 5.41) is 23.6. The normalized spacial score (nSPS) is 15.9. The largest absolute Gasteiger partial charge is 0.506 e. The Morgan fingerprint density at radius 3 is 2.62 bits per heavy atom. The number of carbonyl (C=O) groups is 1. The number of hydrogen-bond acceptors (Lipinski definition) is 6. The third kappa shape index (κ3) is 5.69. The van der Waals surface area contributed by atoms with E-state index in [1.165, 1.54) is 6.07 Å². The lowest BCUT2D eigenvalue weighted by molar-refractivity contribution is -0.115. The zero-order valence-corrected chi connectivity index (χ0v) is 16.5. The molecule has 1 fully saturated rings. The molecular formula is C21H27N5O3. The van der Waals surface area contributed by atoms with Crippen LogP contribution < -0.4 is 16.1 Å². The van der Waals surface area contributed by atoms with Crippen LogP contribution in [0.15, 0.2) is 53.5 Å². The lowest BCUT2D eigenvalue weighted by Gasteiger charge is -2.26. The first kappa shape index (κ1) is 20.6. The minimum Gasteiger partial charge on any atom is -0.506 e. The van der Waals surface area contributed by atoms with E-state index < -0.39 is 5.91 Å². The number of hydroxylamine groups is 1. The molecular weight excluding hydrogens is 370 g/mol. The molecule has 0 radical (unpaired) electrons. The highest BCUT2D eigenvalue weighted by Crippen LogP contribution is 2.25. The summed E-state index contributed by atoms with van der Waals surface area (Å²) in [4.78, 5) is 19.2. The maximum Gasteiger partial charge on any atom is 0.246 e. The monoisotopic (exact) mass is 397 g/mol. The number of aliphatic imine (C=N–C) groups is 1. The van der Waals surface area contributed by atoms with E-state index in [4.69, 9.17) is 5.73 Å². The van der Waals surface area contributed by atoms with E-state index in [1.54, 1.807) is 36.4 Å². The zero-order chi connectivity index (χ0) is 20.8. The molecule has 1 amide bonds. The molecule has 0 atom stereocenters. The molecule has 1 heterocycles. The van der Waals surface area contributed by atoms with Gasteiger partial charge in [0.05, 0.1) is 17.4 Å². The minimum absolute atomic E-state index is 0.0848. The topological polar surface area (TPSA) is 114 Å². The Hall–Kier alpha value is -3.10. The molecule has 2 aromatic rings. The first-order chi connectivity index (χ1) is 13.9. The number of anilines is 2. The number of likely N-dealkylation sites (tertiary alicyclic amines) is 1. The lowest BCUT2D eigenvalue weighted by atomic mass is 10.1. The van der Waals surface area contributed by atoms with Gasteiger partial charge in [0.25, 0.3) is 0 Å². The Labute approximate surface area is 170 Å². The number of carbonyl (C=O) groups excluding carboxylic acids is 1. The second-order valence-corrected chi connectivity index (χ2v) is 7.22. The Bertz CT molecular complexity index is 864. The molecule has 0 bridgehead atoms. The van der Waals surface area contributed by atoms with Gasteiger partial charge in [0.2, 0.25) is 5.91 Å². The minimum atomic E-state index is -0.477. The molecule has 0 aliphatic carbocycles. The summed E-state index contributed by atoms with van der Waals surface area (Å²) < 4.78 is 0. The van der Waals surface area contributed by atoms with Crippen molar-refractivity contribution in [3.63, 3.8) is 0 Å². The van der Waals surface area contributed by atoms with Crippen molar-refractivity contribution in [2.75, 3.05) is 37.1 Å². The molecule has 2 aromatic carbocycles. The number of nitrogens with two attached hydrogens (primary N) is 1. The third-order valence-electron chi connectivity index (χ3n) is 4.92. The molecule has 0 saturated carbocycles. The summed E-state index contributed by atoms with van der Waals surface area (Å²) >= 11 is 0. The van der Waals surface area contributed by atoms with E-state index in [-0.39, 0.29) is 24.0 Å². The van der Waals surface area contributed by atoms with Crippen molar-refractivity contribution in [3.8, 4) is 5.75 Å². The number of amidine groups is 1. The Balaban J connectivity index is 1.66. The van der Waals surface area contributed by atoms with Gasteiger partial charge in [-0.1, -0.05) is 18.2 Å². The van der Waals surface area contributed by atoms with Crippen LogP contribution in [-0.2, 0) is 4.79 Å². The molecule has 0 unspecified atom stereocenters. The highest BCUT2D eigenvalue weighted by molar-refractivity contribution is 6.01. The Kier molecular flexibility index (Phi) is 6.69. The SMILES string of the molecule is CN1CCC(N=C(N)c2ccc(O)c(NC(=O)CN(O)c3ccccc3)c2)CC1. The molecule has 3 rings (SSSR count). The van der Waals surface area contributed by atoms with Gasteiger partial charge in [-0.2, -0.15) is 0 Å². The van der Waals surface area contributed by atoms with Gasteiger partial charge in [-0.05, 0) is 63.3 Å². The van der Waals surface area contributed by atoms with Gasteiger partial charge in [-0.25, -0.2) is 5.06 Å². The Morgan fingerprint density at radius 1 is 1.24 bits per heavy atom. The van der Waals surface area contributed by atoms with Crippen LogP contribution in [0, 0.1) is 0 Å². The third-order valence-corrected chi connectivity index (χ3v) is 4.92. The molecule has 29 heavy (non-hydrogen) atoms. The highest BCUT2D eigenvalue weighted by Gasteiger charge is 2.17. The molecule has 0 aromatic heterocycles. The van der Waals surface area contributed by atoms with Crippen LogP contribution in [0.25, 0.3) is 0 Å². The average molecular weight is 397 g/mol. The van der Waals surface area contributed by atoms with E-state index >= 15 is 0 Å². The van der Waals surface area contributed by atoms with Gasteiger partial charge in [0, 0.05) is 5.56 Å². The number of amides is 1. The van der Waals surface area contributed by atoms with E-state index in [0.29, 0.717) is 17.1 Å². The number of hydrogen-bond donors (Lipinski definition) is 4. The molecule has 154 valence electrons. The van der Waals surface area contributed by atoms with E-state index in [0.717, 1.165) is 31.0 Å². The van der Waals surface area contributed by atoms with Crippen LogP contribution in [0.4, 0.5) is 11.4 Å². The summed E-state index contributed by atoms with van der Waals surface area (Å²) in [7, 11) is 2.09. The Morgan fingerprint density at radius 2 is 1.93 bits per heavy atom. The van der Waals surface area contributed by atoms with Crippen molar-refractivity contribution in [3.05, 3.63) is 54.1 Å². The van der Waals surface area contributed by atoms with Crippen LogP contribution in [0.2, 0.25) is 0 Å². The van der Waals surface area contributed by atoms with E-state index in [9.17, 15) is 15.1 Å². The second kappa shape index (κ2) is 9.40. The van der Waals surface area contributed by atoms with Crippen LogP contribution in [0.1, 0.15) is 18.4 Å². The molecule has 8 heteroatoms. The highest BCUT2D eigenvalue weighted by atomic mass is 16.5. The van der Waals surface area contributed by atoms with E-state index in [2.05, 4.69) is 22.3 Å². The smallest absolute Gasteiger partial charge is 0.246 e. The van der Waals surface area contributed by atoms with Gasteiger partial charge in [-0.15, -0.1) is 0 Å². The van der Waals surface area contributed by atoms with Crippen LogP contribution in [0.3, 0.4) is 0 Å². The number of nitrogens with one attached hydrogen (secondary N) is 1. The molecule has 5 N–H and O–H groups in total. The van der Waals surface area contributed by atoms with Crippen molar-refractivity contribution in [1.29, 1.82) is 0 Å². The van der Waals surface area contributed by atoms with Crippen LogP contribution >= 0.6 is 0 Å². The maximum atomic E-state index is 12.3. The van der Waals surface area contributed by atoms with Crippen LogP contribution in [0.5, 0.6) is 5.75 Å². The quantitative estimate of drug-likeness (QED) is 0.257. The molecule has 1 saturated heterocycles. The predicted molar refractivity (Wildman–Crippen MR) is 114 cm³/mol. The maximum absolute atomic E-state index is 12.3. The number of benzene rings is 2. The zero-order valence-electron chi connectivity index (χ0n) is 16.5. The molecule has 1 aliphatic heterocycles. The number of aromatic hydroxyl groups is 1. The number of rotatable bonds is 6. The second-order valence-electron chi connectivity index (χ2n) is 7.22. The number of para-hydroxylation sites is 1. The number of phenols is 1. The fourth-order valence-corrected chi connectivity index (χ4v) is 3.21. The van der Waals surface area contributed by atoms with E-state index in [1.807, 2.05) is 6.07 Å². The van der Waals surface area contributed by atoms with Crippen molar-refractivity contribution >= 4 is 23.1 Å². The fourth-order valence-electron chi connectivity index (χ4n) is 3.21. The number of piperidine rings is 1. The van der Waals surface area contributed by atoms with Crippen molar-refractivity contribution in [2.24, 2.45) is 10.7 Å². The van der Waals surface area contributed by atoms with Crippen molar-refractivity contribution < 1.29 is 15.1 Å². The van der Waals surface area contributed by atoms with Crippen LogP contribution in [-0.4, -0.2) is 59.7 Å². The first-order valence-electron chi connectivity index (χ1n) is 9.59. The fraction of sp³-hybridized carbons (Fsp3) is 0.333. The molecule has 0 spiro atoms. The first-order valence-corrected chi connectivity index (χ1v) is 9.59. The predicted octanol–water partition coefficient (Wildman–Crippen LogP) is 2.03. The number of nitrogens with zero attached hydrogens (tertiary/aromatic N) is 3. The summed E-state index contributed by atoms with van der Waals surface area (Å²) in [5.74, 6) is -0.184. The molecule has 8 nitrogen and oxygen atoms in total. The summed E-state index contributed by atoms with van der Waals surface area (Å²) in [5.41, 5.74) is 7.50. The number of phenolic OH excluding ortho intramolecular Hbond substituents is 1. The summed E-state index contributed by atoms with van der Waals surface area (Å²) in [6, 6.07) is 13.6. The van der Waals surface area contributed by atoms with Crippen molar-refractivity contribution in [2.45, 2.75) is 18.9 Å². The summed E-state index contributed by atoms with van der Waals surface area (Å²) in [6.07, 6.45) is 1.90. The summed E-state index contributed by atoms with van der Waals surface area (Å²) in [6.45, 7) is 1.68. The van der Waals surface area contributed by atoms with Gasteiger partial charge in [-0.3, -0.25) is 15.0 Å². The van der Waals surface area contributed by atoms with Gasteiger partial charge >= 0.3 is 0 Å². The molecule has 1 aliphatic rings. The lowest BCUT2D eigenvalue weighted by Crippen LogP contribution is -2.33. The van der Waals surface area contributed by atoms with Gasteiger partial charge < -0.3 is 21.1 Å². The average Bonchev–Trinajstić information content (AvgIpc) is 2.72. The van der Waals surface area contributed by atoms with Gasteiger partial charge in [0.15, 0.2) is 0 Å². The van der Waals surface area contributed by atoms with Crippen molar-refractivity contribution in [1.82, 2.24) is 4.90 Å². The standard InChI is InChI=1S/C21H27N5O3/c1-25-11-9-16(10-12-25)23-21(22)15-7-8-19(27)18(13-15)24-20(28)14-26(29)17-5-3-2-4-6-17/h2-8,13,16,27,29H,9-12,14H2,1H3,(H2,22,23)(H,24,28). The van der Waals surface area contributed by atoms with Gasteiger partial charge in [0.1, 0.15) is 18.1 Å².